The Hall–Kier alpha value is -1.43. The maximum absolute atomic E-state index is 13.2. The number of amides is 1. The first-order valence-electron chi connectivity index (χ1n) is 10.5. The van der Waals surface area contributed by atoms with Gasteiger partial charge in [-0.2, -0.15) is 0 Å². The predicted octanol–water partition coefficient (Wildman–Crippen LogP) is 2.27. The van der Waals surface area contributed by atoms with E-state index in [4.69, 9.17) is 4.74 Å². The number of ether oxygens (including phenoxy) is 1. The molecule has 1 spiro atoms. The third kappa shape index (κ3) is 4.36. The number of piperidine rings is 2. The van der Waals surface area contributed by atoms with E-state index in [2.05, 4.69) is 34.3 Å². The van der Waals surface area contributed by atoms with Gasteiger partial charge in [0, 0.05) is 19.6 Å². The van der Waals surface area contributed by atoms with Crippen molar-refractivity contribution in [1.82, 2.24) is 15.1 Å². The smallest absolute Gasteiger partial charge is 0.239 e. The highest BCUT2D eigenvalue weighted by Gasteiger charge is 2.46. The molecule has 1 amide bonds. The van der Waals surface area contributed by atoms with Gasteiger partial charge in [-0.25, -0.2) is 0 Å². The van der Waals surface area contributed by atoms with Crippen LogP contribution in [0.3, 0.4) is 0 Å². The van der Waals surface area contributed by atoms with Gasteiger partial charge in [-0.05, 0) is 63.2 Å². The normalized spacial score (nSPS) is 26.6. The van der Waals surface area contributed by atoms with E-state index in [-0.39, 0.29) is 12.1 Å². The molecule has 3 saturated heterocycles. The molecule has 3 aliphatic rings. The van der Waals surface area contributed by atoms with Gasteiger partial charge in [0.1, 0.15) is 0 Å². The zero-order valence-corrected chi connectivity index (χ0v) is 16.5. The van der Waals surface area contributed by atoms with Crippen molar-refractivity contribution in [3.8, 4) is 0 Å². The van der Waals surface area contributed by atoms with Crippen LogP contribution in [0.4, 0.5) is 0 Å². The van der Waals surface area contributed by atoms with E-state index in [0.29, 0.717) is 17.9 Å². The fourth-order valence-corrected chi connectivity index (χ4v) is 5.11. The lowest BCUT2D eigenvalue weighted by Crippen LogP contribution is -2.48. The molecule has 1 aromatic carbocycles. The maximum Gasteiger partial charge on any atom is 0.239 e. The predicted molar refractivity (Wildman–Crippen MR) is 106 cm³/mol. The second-order valence-corrected chi connectivity index (χ2v) is 8.71. The molecule has 148 valence electrons. The summed E-state index contributed by atoms with van der Waals surface area (Å²) in [6.07, 6.45) is 5.61. The summed E-state index contributed by atoms with van der Waals surface area (Å²) < 4.78 is 6.08. The number of likely N-dealkylation sites (N-methyl/N-ethyl adjacent to an activating group) is 1. The number of benzene rings is 1. The van der Waals surface area contributed by atoms with Crippen molar-refractivity contribution >= 4 is 5.91 Å². The van der Waals surface area contributed by atoms with Crippen LogP contribution in [-0.4, -0.2) is 67.6 Å². The molecule has 5 heteroatoms. The van der Waals surface area contributed by atoms with Crippen LogP contribution < -0.4 is 5.32 Å². The summed E-state index contributed by atoms with van der Waals surface area (Å²) >= 11 is 0. The molecular weight excluding hydrogens is 338 g/mol. The number of nitrogens with zero attached hydrogens (tertiary/aromatic N) is 2. The molecule has 0 radical (unpaired) electrons. The molecule has 3 heterocycles. The zero-order valence-electron chi connectivity index (χ0n) is 16.5. The van der Waals surface area contributed by atoms with Crippen molar-refractivity contribution in [2.24, 2.45) is 5.41 Å². The van der Waals surface area contributed by atoms with Crippen LogP contribution in [0.5, 0.6) is 0 Å². The van der Waals surface area contributed by atoms with Gasteiger partial charge in [-0.3, -0.25) is 9.69 Å². The highest BCUT2D eigenvalue weighted by atomic mass is 16.5. The average molecular weight is 372 g/mol. The Bertz CT molecular complexity index is 622. The standard InChI is InChI=1S/C22H33N3O2/c1-24-17-22(9-11-23-12-10-22)15-20(24)21(26)25-13-7-19(8-14-25)27-16-18-5-3-2-4-6-18/h2-6,19-20,23H,7-17H2,1H3. The van der Waals surface area contributed by atoms with Gasteiger partial charge in [0.15, 0.2) is 0 Å². The number of likely N-dealkylation sites (tertiary alicyclic amines) is 2. The largest absolute Gasteiger partial charge is 0.373 e. The Morgan fingerprint density at radius 3 is 2.59 bits per heavy atom. The van der Waals surface area contributed by atoms with Crippen LogP contribution in [0, 0.1) is 5.41 Å². The molecule has 27 heavy (non-hydrogen) atoms. The molecular formula is C22H33N3O2. The molecule has 3 fully saturated rings. The minimum atomic E-state index is 0.0740. The highest BCUT2D eigenvalue weighted by molar-refractivity contribution is 5.82. The molecule has 1 unspecified atom stereocenters. The summed E-state index contributed by atoms with van der Waals surface area (Å²) in [5, 5.41) is 3.46. The van der Waals surface area contributed by atoms with Gasteiger partial charge < -0.3 is 15.0 Å². The molecule has 1 aromatic rings. The summed E-state index contributed by atoms with van der Waals surface area (Å²) in [5.74, 6) is 0.342. The average Bonchev–Trinajstić information content (AvgIpc) is 3.03. The number of hydrogen-bond donors (Lipinski definition) is 1. The molecule has 0 saturated carbocycles. The molecule has 0 aliphatic carbocycles. The lowest BCUT2D eigenvalue weighted by molar-refractivity contribution is -0.138. The first-order valence-corrected chi connectivity index (χ1v) is 10.5. The number of hydrogen-bond acceptors (Lipinski definition) is 4. The summed E-state index contributed by atoms with van der Waals surface area (Å²) in [7, 11) is 2.13. The van der Waals surface area contributed by atoms with Crippen LogP contribution in [0.25, 0.3) is 0 Å². The Kier molecular flexibility index (Phi) is 5.81. The van der Waals surface area contributed by atoms with E-state index in [1.54, 1.807) is 0 Å². The Morgan fingerprint density at radius 1 is 1.19 bits per heavy atom. The third-order valence-electron chi connectivity index (χ3n) is 6.77. The SMILES string of the molecule is CN1CC2(CCNCC2)CC1C(=O)N1CCC(OCc2ccccc2)CC1. The second-order valence-electron chi connectivity index (χ2n) is 8.71. The molecule has 3 aliphatic heterocycles. The number of rotatable bonds is 4. The van der Waals surface area contributed by atoms with Crippen LogP contribution in [0.2, 0.25) is 0 Å². The third-order valence-corrected chi connectivity index (χ3v) is 6.77. The molecule has 1 N–H and O–H groups in total. The maximum atomic E-state index is 13.2. The van der Waals surface area contributed by atoms with E-state index in [1.165, 1.54) is 18.4 Å². The topological polar surface area (TPSA) is 44.8 Å². The second kappa shape index (κ2) is 8.29. The van der Waals surface area contributed by atoms with Crippen molar-refractivity contribution in [2.75, 3.05) is 39.8 Å². The van der Waals surface area contributed by atoms with Gasteiger partial charge in [0.2, 0.25) is 5.91 Å². The van der Waals surface area contributed by atoms with E-state index in [0.717, 1.165) is 52.0 Å². The molecule has 4 rings (SSSR count). The van der Waals surface area contributed by atoms with Crippen molar-refractivity contribution in [3.05, 3.63) is 35.9 Å². The summed E-state index contributed by atoms with van der Waals surface area (Å²) in [6, 6.07) is 10.4. The summed E-state index contributed by atoms with van der Waals surface area (Å²) in [6.45, 7) is 5.59. The number of nitrogens with one attached hydrogen (secondary N) is 1. The summed E-state index contributed by atoms with van der Waals surface area (Å²) in [4.78, 5) is 17.5. The van der Waals surface area contributed by atoms with Crippen molar-refractivity contribution < 1.29 is 9.53 Å². The van der Waals surface area contributed by atoms with Gasteiger partial charge in [-0.15, -0.1) is 0 Å². The lowest BCUT2D eigenvalue weighted by atomic mass is 9.77. The van der Waals surface area contributed by atoms with Crippen molar-refractivity contribution in [2.45, 2.75) is 50.9 Å². The van der Waals surface area contributed by atoms with Crippen LogP contribution in [0.15, 0.2) is 30.3 Å². The van der Waals surface area contributed by atoms with Crippen LogP contribution >= 0.6 is 0 Å². The van der Waals surface area contributed by atoms with Crippen LogP contribution in [-0.2, 0) is 16.1 Å². The minimum Gasteiger partial charge on any atom is -0.373 e. The van der Waals surface area contributed by atoms with E-state index >= 15 is 0 Å². The Labute approximate surface area is 163 Å². The molecule has 1 atom stereocenters. The Morgan fingerprint density at radius 2 is 1.89 bits per heavy atom. The van der Waals surface area contributed by atoms with Crippen LogP contribution in [0.1, 0.15) is 37.7 Å². The quantitative estimate of drug-likeness (QED) is 0.882. The van der Waals surface area contributed by atoms with Crippen molar-refractivity contribution in [3.63, 3.8) is 0 Å². The lowest BCUT2D eigenvalue weighted by Gasteiger charge is -2.35. The molecule has 0 bridgehead atoms. The van der Waals surface area contributed by atoms with Gasteiger partial charge in [0.05, 0.1) is 18.8 Å². The monoisotopic (exact) mass is 371 g/mol. The number of carbonyl (C=O) groups is 1. The van der Waals surface area contributed by atoms with Gasteiger partial charge in [-0.1, -0.05) is 30.3 Å². The zero-order chi connectivity index (χ0) is 18.7. The molecule has 5 nitrogen and oxygen atoms in total. The highest BCUT2D eigenvalue weighted by Crippen LogP contribution is 2.41. The minimum absolute atomic E-state index is 0.0740. The number of carbonyl (C=O) groups excluding carboxylic acids is 1. The van der Waals surface area contributed by atoms with Gasteiger partial charge >= 0.3 is 0 Å². The first-order chi connectivity index (χ1) is 13.2. The fraction of sp³-hybridized carbons (Fsp3) is 0.682. The van der Waals surface area contributed by atoms with E-state index < -0.39 is 0 Å². The van der Waals surface area contributed by atoms with Crippen molar-refractivity contribution in [1.29, 1.82) is 0 Å². The van der Waals surface area contributed by atoms with E-state index in [9.17, 15) is 4.79 Å². The Balaban J connectivity index is 1.26. The van der Waals surface area contributed by atoms with E-state index in [1.807, 2.05) is 18.2 Å². The fourth-order valence-electron chi connectivity index (χ4n) is 5.11. The molecule has 0 aromatic heterocycles. The summed E-state index contributed by atoms with van der Waals surface area (Å²) in [5.41, 5.74) is 1.58. The van der Waals surface area contributed by atoms with Gasteiger partial charge in [0.25, 0.3) is 0 Å². The first kappa shape index (κ1) is 18.9.